The lowest BCUT2D eigenvalue weighted by Crippen LogP contribution is -2.17. The SMILES string of the molecule is N#Cc1ccc(NC(=O)c2ccnc(OC3CCOC3)c2)cc1. The second-order valence-corrected chi connectivity index (χ2v) is 5.13. The van der Waals surface area contributed by atoms with Gasteiger partial charge in [0.25, 0.3) is 5.91 Å². The van der Waals surface area contributed by atoms with Gasteiger partial charge in [-0.3, -0.25) is 4.79 Å². The largest absolute Gasteiger partial charge is 0.472 e. The Balaban J connectivity index is 1.67. The van der Waals surface area contributed by atoms with Crippen molar-refractivity contribution in [1.29, 1.82) is 5.26 Å². The van der Waals surface area contributed by atoms with E-state index < -0.39 is 0 Å². The molecule has 3 rings (SSSR count). The van der Waals surface area contributed by atoms with Crippen LogP contribution < -0.4 is 10.1 Å². The predicted molar refractivity (Wildman–Crippen MR) is 83.2 cm³/mol. The summed E-state index contributed by atoms with van der Waals surface area (Å²) in [5.74, 6) is 0.151. The number of carbonyl (C=O) groups excluding carboxylic acids is 1. The molecule has 0 radical (unpaired) electrons. The Labute approximate surface area is 133 Å². The van der Waals surface area contributed by atoms with Crippen molar-refractivity contribution < 1.29 is 14.3 Å². The Hall–Kier alpha value is -2.91. The van der Waals surface area contributed by atoms with Gasteiger partial charge in [0.05, 0.1) is 24.8 Å². The number of rotatable bonds is 4. The number of pyridine rings is 1. The van der Waals surface area contributed by atoms with E-state index in [2.05, 4.69) is 10.3 Å². The molecule has 1 aromatic heterocycles. The number of amides is 1. The molecule has 1 atom stereocenters. The van der Waals surface area contributed by atoms with E-state index >= 15 is 0 Å². The van der Waals surface area contributed by atoms with Gasteiger partial charge in [-0.2, -0.15) is 5.26 Å². The molecule has 116 valence electrons. The molecular formula is C17H15N3O3. The Kier molecular flexibility index (Phi) is 4.50. The fourth-order valence-electron chi connectivity index (χ4n) is 2.22. The number of nitriles is 1. The number of hydrogen-bond acceptors (Lipinski definition) is 5. The lowest BCUT2D eigenvalue weighted by Gasteiger charge is -2.11. The predicted octanol–water partition coefficient (Wildman–Crippen LogP) is 2.37. The van der Waals surface area contributed by atoms with E-state index in [1.807, 2.05) is 6.07 Å². The van der Waals surface area contributed by atoms with Crippen molar-refractivity contribution in [1.82, 2.24) is 4.98 Å². The molecule has 0 aliphatic carbocycles. The molecule has 0 spiro atoms. The highest BCUT2D eigenvalue weighted by atomic mass is 16.5. The number of carbonyl (C=O) groups is 1. The third-order valence-electron chi connectivity index (χ3n) is 3.44. The maximum Gasteiger partial charge on any atom is 0.255 e. The number of aromatic nitrogens is 1. The van der Waals surface area contributed by atoms with Crippen LogP contribution in [0.5, 0.6) is 5.88 Å². The van der Waals surface area contributed by atoms with E-state index in [0.717, 1.165) is 6.42 Å². The van der Waals surface area contributed by atoms with Crippen molar-refractivity contribution in [2.45, 2.75) is 12.5 Å². The Morgan fingerprint density at radius 1 is 1.35 bits per heavy atom. The van der Waals surface area contributed by atoms with Gasteiger partial charge < -0.3 is 14.8 Å². The normalized spacial score (nSPS) is 16.6. The van der Waals surface area contributed by atoms with Crippen molar-refractivity contribution in [3.8, 4) is 11.9 Å². The standard InChI is InChI=1S/C17H15N3O3/c18-10-12-1-3-14(4-2-12)20-17(21)13-5-7-19-16(9-13)23-15-6-8-22-11-15/h1-5,7,9,15H,6,8,11H2,(H,20,21). The molecule has 1 saturated heterocycles. The topological polar surface area (TPSA) is 84.2 Å². The van der Waals surface area contributed by atoms with E-state index in [4.69, 9.17) is 14.7 Å². The molecule has 1 N–H and O–H groups in total. The van der Waals surface area contributed by atoms with Crippen LogP contribution in [0.3, 0.4) is 0 Å². The molecule has 1 fully saturated rings. The van der Waals surface area contributed by atoms with Crippen LogP contribution in [0.2, 0.25) is 0 Å². The summed E-state index contributed by atoms with van der Waals surface area (Å²) in [5, 5.41) is 11.5. The highest BCUT2D eigenvalue weighted by Gasteiger charge is 2.18. The summed E-state index contributed by atoms with van der Waals surface area (Å²) in [7, 11) is 0. The molecule has 23 heavy (non-hydrogen) atoms. The van der Waals surface area contributed by atoms with Gasteiger partial charge >= 0.3 is 0 Å². The first kappa shape index (κ1) is 15.0. The first-order chi connectivity index (χ1) is 11.2. The maximum atomic E-state index is 12.3. The summed E-state index contributed by atoms with van der Waals surface area (Å²) < 4.78 is 10.9. The molecule has 1 aliphatic heterocycles. The van der Waals surface area contributed by atoms with E-state index in [1.165, 1.54) is 0 Å². The summed E-state index contributed by atoms with van der Waals surface area (Å²) in [5.41, 5.74) is 1.62. The molecule has 2 heterocycles. The fraction of sp³-hybridized carbons (Fsp3) is 0.235. The molecular weight excluding hydrogens is 294 g/mol. The minimum Gasteiger partial charge on any atom is -0.472 e. The van der Waals surface area contributed by atoms with E-state index in [-0.39, 0.29) is 12.0 Å². The fourth-order valence-corrected chi connectivity index (χ4v) is 2.22. The summed E-state index contributed by atoms with van der Waals surface area (Å²) >= 11 is 0. The summed E-state index contributed by atoms with van der Waals surface area (Å²) in [6.07, 6.45) is 2.35. The Morgan fingerprint density at radius 3 is 2.87 bits per heavy atom. The monoisotopic (exact) mass is 309 g/mol. The van der Waals surface area contributed by atoms with Gasteiger partial charge in [0, 0.05) is 29.9 Å². The van der Waals surface area contributed by atoms with Crippen molar-refractivity contribution in [2.75, 3.05) is 18.5 Å². The first-order valence-electron chi connectivity index (χ1n) is 7.26. The lowest BCUT2D eigenvalue weighted by molar-refractivity contribution is 0.102. The number of nitrogens with zero attached hydrogens (tertiary/aromatic N) is 2. The third-order valence-corrected chi connectivity index (χ3v) is 3.44. The van der Waals surface area contributed by atoms with Crippen LogP contribution in [0, 0.1) is 11.3 Å². The van der Waals surface area contributed by atoms with Gasteiger partial charge in [-0.1, -0.05) is 0 Å². The number of anilines is 1. The van der Waals surface area contributed by atoms with Crippen LogP contribution in [0.1, 0.15) is 22.3 Å². The van der Waals surface area contributed by atoms with Gasteiger partial charge in [0.2, 0.25) is 5.88 Å². The van der Waals surface area contributed by atoms with Crippen LogP contribution in [-0.4, -0.2) is 30.2 Å². The summed E-state index contributed by atoms with van der Waals surface area (Å²) in [6, 6.07) is 11.9. The molecule has 0 saturated carbocycles. The maximum absolute atomic E-state index is 12.3. The Bertz CT molecular complexity index is 731. The van der Waals surface area contributed by atoms with Crippen molar-refractivity contribution in [2.24, 2.45) is 0 Å². The second-order valence-electron chi connectivity index (χ2n) is 5.13. The van der Waals surface area contributed by atoms with Crippen LogP contribution in [0.4, 0.5) is 5.69 Å². The van der Waals surface area contributed by atoms with Crippen LogP contribution in [-0.2, 0) is 4.74 Å². The van der Waals surface area contributed by atoms with E-state index in [9.17, 15) is 4.79 Å². The molecule has 6 nitrogen and oxygen atoms in total. The zero-order valence-corrected chi connectivity index (χ0v) is 12.4. The zero-order chi connectivity index (χ0) is 16.1. The molecule has 0 bridgehead atoms. The van der Waals surface area contributed by atoms with Crippen molar-refractivity contribution in [3.05, 3.63) is 53.7 Å². The number of hydrogen-bond donors (Lipinski definition) is 1. The number of benzene rings is 1. The molecule has 1 aliphatic rings. The van der Waals surface area contributed by atoms with Crippen LogP contribution in [0.25, 0.3) is 0 Å². The highest BCUT2D eigenvalue weighted by molar-refractivity contribution is 6.04. The van der Waals surface area contributed by atoms with E-state index in [1.54, 1.807) is 42.6 Å². The van der Waals surface area contributed by atoms with Gasteiger partial charge in [-0.15, -0.1) is 0 Å². The van der Waals surface area contributed by atoms with Crippen molar-refractivity contribution >= 4 is 11.6 Å². The molecule has 1 amide bonds. The molecule has 2 aromatic rings. The smallest absolute Gasteiger partial charge is 0.255 e. The van der Waals surface area contributed by atoms with Crippen LogP contribution in [0.15, 0.2) is 42.6 Å². The van der Waals surface area contributed by atoms with Gasteiger partial charge in [-0.25, -0.2) is 4.98 Å². The van der Waals surface area contributed by atoms with Crippen LogP contribution >= 0.6 is 0 Å². The average Bonchev–Trinajstić information content (AvgIpc) is 3.09. The Morgan fingerprint density at radius 2 is 2.17 bits per heavy atom. The lowest BCUT2D eigenvalue weighted by atomic mass is 10.2. The average molecular weight is 309 g/mol. The third kappa shape index (κ3) is 3.84. The number of ether oxygens (including phenoxy) is 2. The highest BCUT2D eigenvalue weighted by Crippen LogP contribution is 2.17. The molecule has 6 heteroatoms. The zero-order valence-electron chi connectivity index (χ0n) is 12.4. The summed E-state index contributed by atoms with van der Waals surface area (Å²) in [4.78, 5) is 16.4. The number of nitrogens with one attached hydrogen (secondary N) is 1. The summed E-state index contributed by atoms with van der Waals surface area (Å²) in [6.45, 7) is 1.23. The second kappa shape index (κ2) is 6.90. The molecule has 1 unspecified atom stereocenters. The van der Waals surface area contributed by atoms with Gasteiger partial charge in [0.15, 0.2) is 0 Å². The molecule has 1 aromatic carbocycles. The quantitative estimate of drug-likeness (QED) is 0.937. The minimum absolute atomic E-state index is 0.0145. The van der Waals surface area contributed by atoms with Crippen molar-refractivity contribution in [3.63, 3.8) is 0 Å². The first-order valence-corrected chi connectivity index (χ1v) is 7.26. The minimum atomic E-state index is -0.260. The van der Waals surface area contributed by atoms with Gasteiger partial charge in [0.1, 0.15) is 6.10 Å². The van der Waals surface area contributed by atoms with Gasteiger partial charge in [-0.05, 0) is 30.3 Å². The van der Waals surface area contributed by atoms with E-state index in [0.29, 0.717) is 35.9 Å².